The minimum absolute atomic E-state index is 0.0520. The Hall–Kier alpha value is -1.85. The van der Waals surface area contributed by atoms with Crippen LogP contribution >= 0.6 is 0 Å². The summed E-state index contributed by atoms with van der Waals surface area (Å²) in [6.07, 6.45) is 1.75. The number of carbonyl (C=O) groups is 2. The van der Waals surface area contributed by atoms with E-state index >= 15 is 0 Å². The van der Waals surface area contributed by atoms with Crippen LogP contribution in [0.15, 0.2) is 0 Å². The van der Waals surface area contributed by atoms with Crippen molar-refractivity contribution in [1.29, 1.82) is 0 Å². The fourth-order valence-electron chi connectivity index (χ4n) is 2.06. The predicted molar refractivity (Wildman–Crippen MR) is 71.2 cm³/mol. The van der Waals surface area contributed by atoms with Gasteiger partial charge in [0.25, 0.3) is 0 Å². The average molecular weight is 267 g/mol. The molecule has 0 saturated carbocycles. The van der Waals surface area contributed by atoms with Crippen molar-refractivity contribution >= 4 is 11.9 Å². The summed E-state index contributed by atoms with van der Waals surface area (Å²) in [5, 5.41) is 16.1. The number of carboxylic acid groups (broad SMARTS) is 1. The van der Waals surface area contributed by atoms with Crippen LogP contribution in [0.3, 0.4) is 0 Å². The van der Waals surface area contributed by atoms with E-state index in [1.807, 2.05) is 13.8 Å². The molecular formula is C13H21N3O3. The van der Waals surface area contributed by atoms with Gasteiger partial charge in [-0.2, -0.15) is 5.10 Å². The lowest BCUT2D eigenvalue weighted by Gasteiger charge is -2.15. The molecule has 1 aromatic heterocycles. The summed E-state index contributed by atoms with van der Waals surface area (Å²) in [6, 6.07) is 0.156. The van der Waals surface area contributed by atoms with E-state index in [0.717, 1.165) is 12.8 Å². The van der Waals surface area contributed by atoms with Gasteiger partial charge in [-0.15, -0.1) is 0 Å². The number of rotatable bonds is 6. The number of aromatic nitrogens is 2. The van der Waals surface area contributed by atoms with Crippen LogP contribution in [-0.2, 0) is 11.3 Å². The van der Waals surface area contributed by atoms with E-state index in [9.17, 15) is 9.59 Å². The lowest BCUT2D eigenvalue weighted by Crippen LogP contribution is -2.36. The largest absolute Gasteiger partial charge is 0.478 e. The van der Waals surface area contributed by atoms with Gasteiger partial charge in [0.2, 0.25) is 5.91 Å². The highest BCUT2D eigenvalue weighted by atomic mass is 16.4. The van der Waals surface area contributed by atoms with Gasteiger partial charge >= 0.3 is 5.97 Å². The zero-order valence-electron chi connectivity index (χ0n) is 11.9. The van der Waals surface area contributed by atoms with Gasteiger partial charge in [0.1, 0.15) is 12.1 Å². The lowest BCUT2D eigenvalue weighted by molar-refractivity contribution is -0.122. The topological polar surface area (TPSA) is 84.2 Å². The summed E-state index contributed by atoms with van der Waals surface area (Å²) in [5.41, 5.74) is 1.11. The van der Waals surface area contributed by atoms with Gasteiger partial charge in [-0.05, 0) is 26.7 Å². The first-order chi connectivity index (χ1) is 8.90. The van der Waals surface area contributed by atoms with Gasteiger partial charge in [-0.3, -0.25) is 9.48 Å². The highest BCUT2D eigenvalue weighted by Gasteiger charge is 2.19. The maximum atomic E-state index is 11.9. The number of hydrogen-bond acceptors (Lipinski definition) is 3. The highest BCUT2D eigenvalue weighted by molar-refractivity contribution is 5.90. The fourth-order valence-corrected chi connectivity index (χ4v) is 2.06. The van der Waals surface area contributed by atoms with Crippen molar-refractivity contribution in [2.24, 2.45) is 0 Å². The second-order valence-electron chi connectivity index (χ2n) is 4.59. The Kier molecular flexibility index (Phi) is 5.09. The van der Waals surface area contributed by atoms with E-state index in [1.54, 1.807) is 13.8 Å². The Balaban J connectivity index is 2.81. The number of nitrogens with one attached hydrogen (secondary N) is 1. The standard InChI is InChI=1S/C13H21N3O3/c1-5-10(6-2)14-11(17)7-16-9(4)12(13(18)19)8(3)15-16/h10H,5-7H2,1-4H3,(H,14,17)(H,18,19). The zero-order valence-corrected chi connectivity index (χ0v) is 11.9. The Morgan fingerprint density at radius 1 is 1.32 bits per heavy atom. The Morgan fingerprint density at radius 3 is 2.32 bits per heavy atom. The normalized spacial score (nSPS) is 10.8. The molecule has 2 N–H and O–H groups in total. The average Bonchev–Trinajstić information content (AvgIpc) is 2.61. The molecule has 19 heavy (non-hydrogen) atoms. The van der Waals surface area contributed by atoms with Gasteiger partial charge in [0.15, 0.2) is 0 Å². The Bertz CT molecular complexity index is 476. The first kappa shape index (κ1) is 15.2. The number of hydrogen-bond donors (Lipinski definition) is 2. The summed E-state index contributed by atoms with van der Waals surface area (Å²) >= 11 is 0. The molecule has 0 aliphatic carbocycles. The van der Waals surface area contributed by atoms with Gasteiger partial charge in [-0.25, -0.2) is 4.79 Å². The van der Waals surface area contributed by atoms with E-state index in [2.05, 4.69) is 10.4 Å². The van der Waals surface area contributed by atoms with Crippen LogP contribution in [0.4, 0.5) is 0 Å². The smallest absolute Gasteiger partial charge is 0.339 e. The maximum absolute atomic E-state index is 11.9. The van der Waals surface area contributed by atoms with E-state index in [4.69, 9.17) is 5.11 Å². The van der Waals surface area contributed by atoms with Gasteiger partial charge in [0.05, 0.1) is 11.4 Å². The third-order valence-electron chi connectivity index (χ3n) is 3.24. The highest BCUT2D eigenvalue weighted by Crippen LogP contribution is 2.12. The van der Waals surface area contributed by atoms with Crippen LogP contribution in [0.5, 0.6) is 0 Å². The van der Waals surface area contributed by atoms with Crippen molar-refractivity contribution in [3.05, 3.63) is 17.0 Å². The summed E-state index contributed by atoms with van der Waals surface area (Å²) in [5.74, 6) is -1.15. The molecule has 0 radical (unpaired) electrons. The number of carboxylic acids is 1. The minimum Gasteiger partial charge on any atom is -0.478 e. The lowest BCUT2D eigenvalue weighted by atomic mass is 10.2. The molecule has 0 atom stereocenters. The summed E-state index contributed by atoms with van der Waals surface area (Å²) in [4.78, 5) is 22.9. The molecule has 0 spiro atoms. The van der Waals surface area contributed by atoms with Crippen molar-refractivity contribution in [3.63, 3.8) is 0 Å². The van der Waals surface area contributed by atoms with Gasteiger partial charge < -0.3 is 10.4 Å². The third kappa shape index (κ3) is 3.56. The van der Waals surface area contributed by atoms with Crippen molar-refractivity contribution in [3.8, 4) is 0 Å². The van der Waals surface area contributed by atoms with Crippen molar-refractivity contribution in [1.82, 2.24) is 15.1 Å². The van der Waals surface area contributed by atoms with Gasteiger partial charge in [0, 0.05) is 6.04 Å². The van der Waals surface area contributed by atoms with E-state index in [1.165, 1.54) is 4.68 Å². The quantitative estimate of drug-likeness (QED) is 0.818. The van der Waals surface area contributed by atoms with Gasteiger partial charge in [-0.1, -0.05) is 13.8 Å². The van der Waals surface area contributed by atoms with E-state index in [-0.39, 0.29) is 24.1 Å². The Morgan fingerprint density at radius 2 is 1.89 bits per heavy atom. The number of nitrogens with zero attached hydrogens (tertiary/aromatic N) is 2. The monoisotopic (exact) mass is 267 g/mol. The predicted octanol–water partition coefficient (Wildman–Crippen LogP) is 1.50. The molecule has 6 nitrogen and oxygen atoms in total. The number of carbonyl (C=O) groups excluding carboxylic acids is 1. The summed E-state index contributed by atoms with van der Waals surface area (Å²) in [7, 11) is 0. The first-order valence-corrected chi connectivity index (χ1v) is 6.47. The van der Waals surface area contributed by atoms with E-state index in [0.29, 0.717) is 11.4 Å². The maximum Gasteiger partial charge on any atom is 0.339 e. The molecule has 0 aromatic carbocycles. The summed E-state index contributed by atoms with van der Waals surface area (Å²) < 4.78 is 1.44. The molecule has 0 aliphatic rings. The van der Waals surface area contributed by atoms with Crippen LogP contribution in [0.1, 0.15) is 48.4 Å². The second-order valence-corrected chi connectivity index (χ2v) is 4.59. The molecule has 1 heterocycles. The van der Waals surface area contributed by atoms with Crippen LogP contribution in [-0.4, -0.2) is 32.8 Å². The third-order valence-corrected chi connectivity index (χ3v) is 3.24. The minimum atomic E-state index is -1.01. The molecule has 0 aliphatic heterocycles. The molecule has 106 valence electrons. The summed E-state index contributed by atoms with van der Waals surface area (Å²) in [6.45, 7) is 7.37. The number of amides is 1. The molecule has 0 fully saturated rings. The molecule has 0 bridgehead atoms. The number of aromatic carboxylic acids is 1. The van der Waals surface area contributed by atoms with Crippen molar-refractivity contribution < 1.29 is 14.7 Å². The Labute approximate surface area is 112 Å². The first-order valence-electron chi connectivity index (χ1n) is 6.47. The van der Waals surface area contributed by atoms with Crippen LogP contribution in [0.25, 0.3) is 0 Å². The molecule has 0 saturated heterocycles. The SMILES string of the molecule is CCC(CC)NC(=O)Cn1nc(C)c(C(=O)O)c1C. The number of aryl methyl sites for hydroxylation is 1. The van der Waals surface area contributed by atoms with Crippen molar-refractivity contribution in [2.75, 3.05) is 0 Å². The van der Waals surface area contributed by atoms with E-state index < -0.39 is 5.97 Å². The van der Waals surface area contributed by atoms with Crippen LogP contribution in [0.2, 0.25) is 0 Å². The molecule has 1 aromatic rings. The molecule has 1 rings (SSSR count). The molecule has 1 amide bonds. The second kappa shape index (κ2) is 6.36. The fraction of sp³-hybridized carbons (Fsp3) is 0.615. The molecule has 0 unspecified atom stereocenters. The zero-order chi connectivity index (χ0) is 14.6. The van der Waals surface area contributed by atoms with Crippen LogP contribution in [0, 0.1) is 13.8 Å². The van der Waals surface area contributed by atoms with Crippen molar-refractivity contribution in [2.45, 2.75) is 53.1 Å². The van der Waals surface area contributed by atoms with Crippen LogP contribution < -0.4 is 5.32 Å². The molecular weight excluding hydrogens is 246 g/mol. The molecule has 6 heteroatoms.